The van der Waals surface area contributed by atoms with Crippen LogP contribution in [0.5, 0.6) is 0 Å². The summed E-state index contributed by atoms with van der Waals surface area (Å²) in [5.41, 5.74) is 0. The third-order valence-corrected chi connectivity index (χ3v) is 2.34. The van der Waals surface area contributed by atoms with Crippen LogP contribution in [0.3, 0.4) is 0 Å². The molecule has 0 aliphatic rings. The summed E-state index contributed by atoms with van der Waals surface area (Å²) >= 11 is 8.63. The number of unbranched alkanes of at least 4 members (excludes halogenated alkanes) is 1. The molecule has 1 amide bonds. The van der Waals surface area contributed by atoms with Crippen LogP contribution in [0, 0.1) is 0 Å². The van der Waals surface area contributed by atoms with Gasteiger partial charge in [-0.05, 0) is 40.9 Å². The van der Waals surface area contributed by atoms with Crippen molar-refractivity contribution in [1.29, 1.82) is 0 Å². The molecule has 1 rings (SSSR count). The van der Waals surface area contributed by atoms with Crippen LogP contribution < -0.4 is 5.32 Å². The van der Waals surface area contributed by atoms with Gasteiger partial charge in [0.25, 0.3) is 5.91 Å². The van der Waals surface area contributed by atoms with E-state index >= 15 is 0 Å². The van der Waals surface area contributed by atoms with E-state index in [0.29, 0.717) is 22.9 Å². The third-order valence-electron chi connectivity index (χ3n) is 1.64. The number of hydrogen-bond acceptors (Lipinski definition) is 2. The van der Waals surface area contributed by atoms with Crippen molar-refractivity contribution in [2.75, 3.05) is 12.4 Å². The molecule has 1 heterocycles. The molecule has 0 spiro atoms. The Morgan fingerprint density at radius 3 is 2.86 bits per heavy atom. The average molecular weight is 281 g/mol. The van der Waals surface area contributed by atoms with Gasteiger partial charge >= 0.3 is 0 Å². The molecule has 0 aliphatic carbocycles. The van der Waals surface area contributed by atoms with E-state index in [2.05, 4.69) is 21.2 Å². The first-order valence-corrected chi connectivity index (χ1v) is 5.66. The van der Waals surface area contributed by atoms with Crippen molar-refractivity contribution in [2.24, 2.45) is 0 Å². The summed E-state index contributed by atoms with van der Waals surface area (Å²) in [6.07, 6.45) is 1.79. The van der Waals surface area contributed by atoms with E-state index in [-0.39, 0.29) is 5.91 Å². The van der Waals surface area contributed by atoms with Crippen molar-refractivity contribution in [3.05, 3.63) is 22.6 Å². The molecule has 0 atom stereocenters. The van der Waals surface area contributed by atoms with Crippen molar-refractivity contribution in [1.82, 2.24) is 5.32 Å². The van der Waals surface area contributed by atoms with Crippen molar-refractivity contribution in [3.63, 3.8) is 0 Å². The normalized spacial score (nSPS) is 10.1. The van der Waals surface area contributed by atoms with Crippen molar-refractivity contribution >= 4 is 33.4 Å². The molecule has 0 bridgehead atoms. The Morgan fingerprint density at radius 2 is 2.29 bits per heavy atom. The first-order valence-electron chi connectivity index (χ1n) is 4.33. The summed E-state index contributed by atoms with van der Waals surface area (Å²) in [6.45, 7) is 0.629. The Morgan fingerprint density at radius 1 is 1.50 bits per heavy atom. The first kappa shape index (κ1) is 11.6. The molecule has 0 fully saturated rings. The number of furan rings is 1. The van der Waals surface area contributed by atoms with Crippen molar-refractivity contribution in [3.8, 4) is 0 Å². The molecular formula is C9H11BrClNO2. The molecule has 0 aliphatic heterocycles. The zero-order valence-electron chi connectivity index (χ0n) is 7.56. The van der Waals surface area contributed by atoms with Crippen LogP contribution in [-0.2, 0) is 0 Å². The van der Waals surface area contributed by atoms with Crippen LogP contribution in [0.25, 0.3) is 0 Å². The van der Waals surface area contributed by atoms with E-state index in [1.54, 1.807) is 12.1 Å². The highest BCUT2D eigenvalue weighted by Gasteiger charge is 2.08. The fourth-order valence-electron chi connectivity index (χ4n) is 0.945. The van der Waals surface area contributed by atoms with E-state index < -0.39 is 0 Å². The molecular weight excluding hydrogens is 269 g/mol. The molecule has 5 heteroatoms. The molecule has 3 nitrogen and oxygen atoms in total. The lowest BCUT2D eigenvalue weighted by molar-refractivity contribution is 0.0924. The van der Waals surface area contributed by atoms with E-state index in [1.165, 1.54) is 0 Å². The van der Waals surface area contributed by atoms with Gasteiger partial charge in [-0.15, -0.1) is 11.6 Å². The summed E-state index contributed by atoms with van der Waals surface area (Å²) in [7, 11) is 0. The topological polar surface area (TPSA) is 42.2 Å². The lowest BCUT2D eigenvalue weighted by atomic mass is 10.3. The number of carbonyl (C=O) groups excluding carboxylic acids is 1. The Labute approximate surface area is 95.9 Å². The second kappa shape index (κ2) is 6.09. The number of amides is 1. The Kier molecular flexibility index (Phi) is 5.04. The molecule has 1 aromatic heterocycles. The maximum absolute atomic E-state index is 11.4. The van der Waals surface area contributed by atoms with Crippen LogP contribution in [0.2, 0.25) is 0 Å². The van der Waals surface area contributed by atoms with Crippen LogP contribution in [-0.4, -0.2) is 18.3 Å². The SMILES string of the molecule is O=C(NCCCCCl)c1ccc(Br)o1. The fourth-order valence-corrected chi connectivity index (χ4v) is 1.44. The predicted molar refractivity (Wildman–Crippen MR) is 58.7 cm³/mol. The van der Waals surface area contributed by atoms with Gasteiger partial charge in [-0.2, -0.15) is 0 Å². The van der Waals surface area contributed by atoms with E-state index in [9.17, 15) is 4.79 Å². The quantitative estimate of drug-likeness (QED) is 0.666. The summed E-state index contributed by atoms with van der Waals surface area (Å²) in [5, 5.41) is 2.73. The molecule has 0 radical (unpaired) electrons. The summed E-state index contributed by atoms with van der Waals surface area (Å²) < 4.78 is 5.64. The monoisotopic (exact) mass is 279 g/mol. The number of rotatable bonds is 5. The summed E-state index contributed by atoms with van der Waals surface area (Å²) in [6, 6.07) is 3.31. The third kappa shape index (κ3) is 3.72. The zero-order valence-corrected chi connectivity index (χ0v) is 9.90. The molecule has 1 aromatic rings. The Bertz CT molecular complexity index is 301. The molecule has 0 saturated heterocycles. The van der Waals surface area contributed by atoms with Gasteiger partial charge in [0.05, 0.1) is 0 Å². The minimum Gasteiger partial charge on any atom is -0.444 e. The van der Waals surface area contributed by atoms with Crippen LogP contribution in [0.15, 0.2) is 21.2 Å². The molecule has 0 unspecified atom stereocenters. The van der Waals surface area contributed by atoms with Crippen LogP contribution in [0.1, 0.15) is 23.4 Å². The van der Waals surface area contributed by atoms with Crippen molar-refractivity contribution < 1.29 is 9.21 Å². The Hall–Kier alpha value is -0.480. The predicted octanol–water partition coefficient (Wildman–Crippen LogP) is 2.79. The largest absolute Gasteiger partial charge is 0.444 e. The second-order valence-electron chi connectivity index (χ2n) is 2.76. The van der Waals surface area contributed by atoms with Gasteiger partial charge < -0.3 is 9.73 Å². The smallest absolute Gasteiger partial charge is 0.287 e. The number of halogens is 2. The summed E-state index contributed by atoms with van der Waals surface area (Å²) in [4.78, 5) is 11.4. The minimum absolute atomic E-state index is 0.190. The van der Waals surface area contributed by atoms with Crippen LogP contribution in [0.4, 0.5) is 0 Å². The molecule has 14 heavy (non-hydrogen) atoms. The molecule has 0 saturated carbocycles. The Balaban J connectivity index is 2.29. The average Bonchev–Trinajstić information content (AvgIpc) is 2.59. The highest BCUT2D eigenvalue weighted by molar-refractivity contribution is 9.10. The van der Waals surface area contributed by atoms with Gasteiger partial charge in [0.15, 0.2) is 10.4 Å². The second-order valence-corrected chi connectivity index (χ2v) is 3.92. The minimum atomic E-state index is -0.190. The number of carbonyl (C=O) groups is 1. The van der Waals surface area contributed by atoms with Crippen LogP contribution >= 0.6 is 27.5 Å². The van der Waals surface area contributed by atoms with Gasteiger partial charge in [-0.3, -0.25) is 4.79 Å². The highest BCUT2D eigenvalue weighted by atomic mass is 79.9. The molecule has 1 N–H and O–H groups in total. The van der Waals surface area contributed by atoms with Gasteiger partial charge in [0.1, 0.15) is 0 Å². The van der Waals surface area contributed by atoms with Gasteiger partial charge in [0, 0.05) is 12.4 Å². The van der Waals surface area contributed by atoms with E-state index in [0.717, 1.165) is 12.8 Å². The van der Waals surface area contributed by atoms with Gasteiger partial charge in [0.2, 0.25) is 0 Å². The lowest BCUT2D eigenvalue weighted by Crippen LogP contribution is -2.23. The number of alkyl halides is 1. The number of hydrogen-bond donors (Lipinski definition) is 1. The van der Waals surface area contributed by atoms with Gasteiger partial charge in [-0.1, -0.05) is 0 Å². The zero-order chi connectivity index (χ0) is 10.4. The lowest BCUT2D eigenvalue weighted by Gasteiger charge is -2.00. The summed E-state index contributed by atoms with van der Waals surface area (Å²) in [5.74, 6) is 0.760. The van der Waals surface area contributed by atoms with E-state index in [1.807, 2.05) is 0 Å². The van der Waals surface area contributed by atoms with Crippen molar-refractivity contribution in [2.45, 2.75) is 12.8 Å². The maximum Gasteiger partial charge on any atom is 0.287 e. The standard InChI is InChI=1S/C9H11BrClNO2/c10-8-4-3-7(14-8)9(13)12-6-2-1-5-11/h3-4H,1-2,5-6H2,(H,12,13). The number of nitrogens with one attached hydrogen (secondary N) is 1. The van der Waals surface area contributed by atoms with E-state index in [4.69, 9.17) is 16.0 Å². The maximum atomic E-state index is 11.4. The molecule has 78 valence electrons. The first-order chi connectivity index (χ1) is 6.74. The molecule has 0 aromatic carbocycles. The fraction of sp³-hybridized carbons (Fsp3) is 0.444. The van der Waals surface area contributed by atoms with Gasteiger partial charge in [-0.25, -0.2) is 0 Å². The highest BCUT2D eigenvalue weighted by Crippen LogP contribution is 2.13.